The summed E-state index contributed by atoms with van der Waals surface area (Å²) in [6.45, 7) is 2.31. The van der Waals surface area contributed by atoms with E-state index in [4.69, 9.17) is 5.73 Å². The van der Waals surface area contributed by atoms with Crippen molar-refractivity contribution in [2.45, 2.75) is 13.5 Å². The van der Waals surface area contributed by atoms with Crippen LogP contribution in [0.2, 0.25) is 0 Å². The van der Waals surface area contributed by atoms with Crippen molar-refractivity contribution in [3.8, 4) is 0 Å². The van der Waals surface area contributed by atoms with Crippen molar-refractivity contribution in [1.29, 1.82) is 0 Å². The number of nitrogens with zero attached hydrogens (tertiary/aromatic N) is 1. The van der Waals surface area contributed by atoms with Crippen LogP contribution in [-0.4, -0.2) is 24.8 Å². The van der Waals surface area contributed by atoms with Crippen LogP contribution in [-0.2, 0) is 6.54 Å². The van der Waals surface area contributed by atoms with Gasteiger partial charge in [0.2, 0.25) is 0 Å². The van der Waals surface area contributed by atoms with Crippen LogP contribution in [0.25, 0.3) is 0 Å². The predicted octanol–water partition coefficient (Wildman–Crippen LogP) is 1.53. The van der Waals surface area contributed by atoms with Gasteiger partial charge in [-0.3, -0.25) is 4.79 Å². The zero-order valence-electron chi connectivity index (χ0n) is 8.87. The van der Waals surface area contributed by atoms with Crippen molar-refractivity contribution >= 4 is 11.5 Å². The number of rotatable bonds is 3. The SMILES string of the molecule is CC(=O)c1ccc(N)cc1CN(C)C. The van der Waals surface area contributed by atoms with Crippen molar-refractivity contribution in [2.24, 2.45) is 0 Å². The van der Waals surface area contributed by atoms with Crippen molar-refractivity contribution < 1.29 is 4.79 Å². The van der Waals surface area contributed by atoms with Gasteiger partial charge in [0, 0.05) is 17.8 Å². The van der Waals surface area contributed by atoms with Crippen molar-refractivity contribution in [3.05, 3.63) is 29.3 Å². The summed E-state index contributed by atoms with van der Waals surface area (Å²) < 4.78 is 0. The third-order valence-corrected chi connectivity index (χ3v) is 2.00. The fraction of sp³-hybridized carbons (Fsp3) is 0.364. The van der Waals surface area contributed by atoms with E-state index in [9.17, 15) is 4.79 Å². The summed E-state index contributed by atoms with van der Waals surface area (Å²) in [7, 11) is 3.93. The number of ketones is 1. The highest BCUT2D eigenvalue weighted by atomic mass is 16.1. The summed E-state index contributed by atoms with van der Waals surface area (Å²) in [5, 5.41) is 0. The molecule has 0 heterocycles. The first-order chi connectivity index (χ1) is 6.50. The fourth-order valence-electron chi connectivity index (χ4n) is 1.43. The van der Waals surface area contributed by atoms with Gasteiger partial charge in [-0.15, -0.1) is 0 Å². The van der Waals surface area contributed by atoms with Gasteiger partial charge in [0.25, 0.3) is 0 Å². The molecule has 3 heteroatoms. The quantitative estimate of drug-likeness (QED) is 0.583. The number of nitrogen functional groups attached to an aromatic ring is 1. The average molecular weight is 192 g/mol. The molecule has 0 fully saturated rings. The molecule has 0 aliphatic heterocycles. The van der Waals surface area contributed by atoms with E-state index in [1.807, 2.05) is 25.1 Å². The van der Waals surface area contributed by atoms with E-state index < -0.39 is 0 Å². The minimum absolute atomic E-state index is 0.0850. The first-order valence-corrected chi connectivity index (χ1v) is 4.55. The monoisotopic (exact) mass is 192 g/mol. The molecule has 0 unspecified atom stereocenters. The number of anilines is 1. The molecule has 0 aliphatic rings. The highest BCUT2D eigenvalue weighted by Crippen LogP contribution is 2.15. The van der Waals surface area contributed by atoms with Gasteiger partial charge in [-0.05, 0) is 44.8 Å². The Morgan fingerprint density at radius 3 is 2.57 bits per heavy atom. The molecule has 0 radical (unpaired) electrons. The Labute approximate surface area is 84.5 Å². The second-order valence-corrected chi connectivity index (χ2v) is 3.71. The number of nitrogens with two attached hydrogens (primary N) is 1. The highest BCUT2D eigenvalue weighted by molar-refractivity contribution is 5.95. The van der Waals surface area contributed by atoms with Crippen LogP contribution >= 0.6 is 0 Å². The maximum Gasteiger partial charge on any atom is 0.160 e. The van der Waals surface area contributed by atoms with Gasteiger partial charge in [0.05, 0.1) is 0 Å². The Morgan fingerprint density at radius 2 is 2.07 bits per heavy atom. The molecule has 1 rings (SSSR count). The molecule has 0 saturated heterocycles. The molecule has 1 aromatic rings. The van der Waals surface area contributed by atoms with E-state index in [0.717, 1.165) is 17.7 Å². The molecule has 14 heavy (non-hydrogen) atoms. The van der Waals surface area contributed by atoms with Gasteiger partial charge in [0.15, 0.2) is 5.78 Å². The van der Waals surface area contributed by atoms with Gasteiger partial charge < -0.3 is 10.6 Å². The van der Waals surface area contributed by atoms with Crippen LogP contribution in [0.4, 0.5) is 5.69 Å². The third kappa shape index (κ3) is 2.57. The van der Waals surface area contributed by atoms with E-state index in [1.54, 1.807) is 19.1 Å². The maximum atomic E-state index is 11.3. The molecule has 0 aliphatic carbocycles. The number of Topliss-reactive ketones (excluding diaryl/α,β-unsaturated/α-hetero) is 1. The average Bonchev–Trinajstić information content (AvgIpc) is 2.01. The van der Waals surface area contributed by atoms with E-state index in [0.29, 0.717) is 5.69 Å². The Bertz CT molecular complexity index is 345. The molecule has 3 nitrogen and oxygen atoms in total. The van der Waals surface area contributed by atoms with E-state index in [2.05, 4.69) is 0 Å². The molecule has 76 valence electrons. The Balaban J connectivity index is 3.09. The van der Waals surface area contributed by atoms with Gasteiger partial charge in [-0.2, -0.15) is 0 Å². The minimum atomic E-state index is 0.0850. The Hall–Kier alpha value is -1.35. The highest BCUT2D eigenvalue weighted by Gasteiger charge is 2.07. The van der Waals surface area contributed by atoms with E-state index in [1.165, 1.54) is 0 Å². The van der Waals surface area contributed by atoms with Gasteiger partial charge in [0.1, 0.15) is 0 Å². The summed E-state index contributed by atoms with van der Waals surface area (Å²) in [5.41, 5.74) is 8.12. The van der Waals surface area contributed by atoms with Crippen molar-refractivity contribution in [3.63, 3.8) is 0 Å². The molecule has 0 spiro atoms. The molecule has 0 bridgehead atoms. The van der Waals surface area contributed by atoms with Crippen molar-refractivity contribution in [1.82, 2.24) is 4.90 Å². The van der Waals surface area contributed by atoms with Crippen LogP contribution in [0.3, 0.4) is 0 Å². The van der Waals surface area contributed by atoms with Crippen LogP contribution in [0, 0.1) is 0 Å². The topological polar surface area (TPSA) is 46.3 Å². The van der Waals surface area contributed by atoms with Crippen LogP contribution in [0.1, 0.15) is 22.8 Å². The second-order valence-electron chi connectivity index (χ2n) is 3.71. The molecule has 0 saturated carbocycles. The van der Waals surface area contributed by atoms with Gasteiger partial charge >= 0.3 is 0 Å². The second kappa shape index (κ2) is 4.24. The lowest BCUT2D eigenvalue weighted by Gasteiger charge is -2.13. The molecule has 1 aromatic carbocycles. The first kappa shape index (κ1) is 10.7. The minimum Gasteiger partial charge on any atom is -0.399 e. The normalized spacial score (nSPS) is 10.6. The zero-order chi connectivity index (χ0) is 10.7. The molecule has 0 aromatic heterocycles. The third-order valence-electron chi connectivity index (χ3n) is 2.00. The maximum absolute atomic E-state index is 11.3. The Morgan fingerprint density at radius 1 is 1.43 bits per heavy atom. The largest absolute Gasteiger partial charge is 0.399 e. The standard InChI is InChI=1S/C11H16N2O/c1-8(14)11-5-4-10(12)6-9(11)7-13(2)3/h4-6H,7,12H2,1-3H3. The summed E-state index contributed by atoms with van der Waals surface area (Å²) in [5.74, 6) is 0.0850. The lowest BCUT2D eigenvalue weighted by atomic mass is 10.0. The lowest BCUT2D eigenvalue weighted by Crippen LogP contribution is -2.13. The number of hydrogen-bond acceptors (Lipinski definition) is 3. The number of carbonyl (C=O) groups excluding carboxylic acids is 1. The number of carbonyl (C=O) groups is 1. The predicted molar refractivity (Wildman–Crippen MR) is 58.2 cm³/mol. The van der Waals surface area contributed by atoms with Gasteiger partial charge in [-0.1, -0.05) is 0 Å². The van der Waals surface area contributed by atoms with E-state index >= 15 is 0 Å². The Kier molecular flexibility index (Phi) is 3.25. The lowest BCUT2D eigenvalue weighted by molar-refractivity contribution is 0.101. The smallest absolute Gasteiger partial charge is 0.160 e. The van der Waals surface area contributed by atoms with E-state index in [-0.39, 0.29) is 5.78 Å². The molecular weight excluding hydrogens is 176 g/mol. The molecule has 0 atom stereocenters. The summed E-state index contributed by atoms with van der Waals surface area (Å²) in [6.07, 6.45) is 0. The molecule has 0 amide bonds. The number of hydrogen-bond donors (Lipinski definition) is 1. The summed E-state index contributed by atoms with van der Waals surface area (Å²) >= 11 is 0. The number of benzene rings is 1. The van der Waals surface area contributed by atoms with Gasteiger partial charge in [-0.25, -0.2) is 0 Å². The first-order valence-electron chi connectivity index (χ1n) is 4.55. The molecular formula is C11H16N2O. The molecule has 2 N–H and O–H groups in total. The van der Waals surface area contributed by atoms with Crippen LogP contribution in [0.15, 0.2) is 18.2 Å². The fourth-order valence-corrected chi connectivity index (χ4v) is 1.43. The summed E-state index contributed by atoms with van der Waals surface area (Å²) in [6, 6.07) is 5.41. The van der Waals surface area contributed by atoms with Crippen LogP contribution < -0.4 is 5.73 Å². The summed E-state index contributed by atoms with van der Waals surface area (Å²) in [4.78, 5) is 13.3. The zero-order valence-corrected chi connectivity index (χ0v) is 8.87. The van der Waals surface area contributed by atoms with Crippen LogP contribution in [0.5, 0.6) is 0 Å². The van der Waals surface area contributed by atoms with Crippen molar-refractivity contribution in [2.75, 3.05) is 19.8 Å².